The first kappa shape index (κ1) is 21.0. The summed E-state index contributed by atoms with van der Waals surface area (Å²) < 4.78 is 12.1. The first-order chi connectivity index (χ1) is 13.8. The predicted molar refractivity (Wildman–Crippen MR) is 115 cm³/mol. The van der Waals surface area contributed by atoms with Crippen molar-refractivity contribution >= 4 is 21.8 Å². The zero-order valence-corrected chi connectivity index (χ0v) is 18.6. The second-order valence-corrected chi connectivity index (χ2v) is 8.17. The molecule has 0 aliphatic carbocycles. The molecule has 1 amide bonds. The number of benzene rings is 2. The maximum absolute atomic E-state index is 12.5. The quantitative estimate of drug-likeness (QED) is 0.500. The normalized spacial score (nSPS) is 11.0. The lowest BCUT2D eigenvalue weighted by Gasteiger charge is -2.18. The Balaban J connectivity index is 1.61. The standard InChI is InChI=1S/C22H24BrN3O3/c1-14(2)18-9-8-15(3)10-19(18)28-13-21(27)26(4)12-20-24-22(25-29-20)16-6-5-7-17(23)11-16/h5-11,14H,12-13H2,1-4H3. The third-order valence-corrected chi connectivity index (χ3v) is 4.98. The lowest BCUT2D eigenvalue weighted by molar-refractivity contribution is -0.132. The van der Waals surface area contributed by atoms with Gasteiger partial charge in [0.05, 0.1) is 6.54 Å². The minimum Gasteiger partial charge on any atom is -0.483 e. The lowest BCUT2D eigenvalue weighted by atomic mass is 10.0. The minimum absolute atomic E-state index is 0.0493. The highest BCUT2D eigenvalue weighted by atomic mass is 79.9. The summed E-state index contributed by atoms with van der Waals surface area (Å²) in [6.07, 6.45) is 0. The number of aryl methyl sites for hydroxylation is 1. The molecule has 2 aromatic carbocycles. The SMILES string of the molecule is Cc1ccc(C(C)C)c(OCC(=O)N(C)Cc2nc(-c3cccc(Br)c3)no2)c1. The van der Waals surface area contributed by atoms with Crippen molar-refractivity contribution in [3.05, 3.63) is 64.0 Å². The van der Waals surface area contributed by atoms with E-state index in [1.807, 2.05) is 43.3 Å². The van der Waals surface area contributed by atoms with Crippen LogP contribution in [0, 0.1) is 6.92 Å². The molecule has 3 aromatic rings. The Kier molecular flexibility index (Phi) is 6.69. The molecular formula is C22H24BrN3O3. The van der Waals surface area contributed by atoms with Gasteiger partial charge in [-0.3, -0.25) is 4.79 Å². The molecule has 1 aromatic heterocycles. The van der Waals surface area contributed by atoms with Crippen LogP contribution in [0.3, 0.4) is 0 Å². The van der Waals surface area contributed by atoms with Crippen molar-refractivity contribution in [2.75, 3.05) is 13.7 Å². The van der Waals surface area contributed by atoms with Gasteiger partial charge >= 0.3 is 0 Å². The number of hydrogen-bond donors (Lipinski definition) is 0. The van der Waals surface area contributed by atoms with E-state index in [4.69, 9.17) is 9.26 Å². The van der Waals surface area contributed by atoms with Crippen molar-refractivity contribution in [1.29, 1.82) is 0 Å². The van der Waals surface area contributed by atoms with Crippen molar-refractivity contribution in [3.63, 3.8) is 0 Å². The molecular weight excluding hydrogens is 434 g/mol. The summed E-state index contributed by atoms with van der Waals surface area (Å²) in [5.41, 5.74) is 3.02. The van der Waals surface area contributed by atoms with Crippen molar-refractivity contribution in [1.82, 2.24) is 15.0 Å². The van der Waals surface area contributed by atoms with Crippen molar-refractivity contribution in [3.8, 4) is 17.1 Å². The molecule has 1 heterocycles. The van der Waals surface area contributed by atoms with Gasteiger partial charge in [0.1, 0.15) is 5.75 Å². The van der Waals surface area contributed by atoms with Crippen molar-refractivity contribution in [2.24, 2.45) is 0 Å². The van der Waals surface area contributed by atoms with E-state index in [1.165, 1.54) is 4.90 Å². The van der Waals surface area contributed by atoms with Crippen LogP contribution >= 0.6 is 15.9 Å². The van der Waals surface area contributed by atoms with Crippen LogP contribution in [0.25, 0.3) is 11.4 Å². The van der Waals surface area contributed by atoms with Gasteiger partial charge in [-0.25, -0.2) is 0 Å². The van der Waals surface area contributed by atoms with Crippen molar-refractivity contribution in [2.45, 2.75) is 33.2 Å². The highest BCUT2D eigenvalue weighted by molar-refractivity contribution is 9.10. The number of carbonyl (C=O) groups excluding carboxylic acids is 1. The van der Waals surface area contributed by atoms with Crippen LogP contribution in [-0.2, 0) is 11.3 Å². The fourth-order valence-electron chi connectivity index (χ4n) is 2.85. The van der Waals surface area contributed by atoms with E-state index in [-0.39, 0.29) is 19.1 Å². The molecule has 0 bridgehead atoms. The summed E-state index contributed by atoms with van der Waals surface area (Å²) in [5.74, 6) is 1.75. The third kappa shape index (κ3) is 5.44. The Hall–Kier alpha value is -2.67. The number of aromatic nitrogens is 2. The second-order valence-electron chi connectivity index (χ2n) is 7.26. The van der Waals surface area contributed by atoms with Crippen LogP contribution in [0.15, 0.2) is 51.5 Å². The van der Waals surface area contributed by atoms with Gasteiger partial charge in [-0.15, -0.1) is 0 Å². The van der Waals surface area contributed by atoms with Crippen LogP contribution in [0.4, 0.5) is 0 Å². The largest absolute Gasteiger partial charge is 0.483 e. The lowest BCUT2D eigenvalue weighted by Crippen LogP contribution is -2.31. The van der Waals surface area contributed by atoms with Gasteiger partial charge in [-0.05, 0) is 42.2 Å². The zero-order valence-electron chi connectivity index (χ0n) is 17.0. The number of hydrogen-bond acceptors (Lipinski definition) is 5. The molecule has 6 nitrogen and oxygen atoms in total. The molecule has 0 spiro atoms. The van der Waals surface area contributed by atoms with E-state index in [0.29, 0.717) is 17.6 Å². The molecule has 0 saturated carbocycles. The first-order valence-electron chi connectivity index (χ1n) is 9.39. The molecule has 152 valence electrons. The Bertz CT molecular complexity index is 1000. The maximum atomic E-state index is 12.5. The van der Waals surface area contributed by atoms with Crippen LogP contribution < -0.4 is 4.74 Å². The highest BCUT2D eigenvalue weighted by Crippen LogP contribution is 2.27. The van der Waals surface area contributed by atoms with Gasteiger partial charge in [-0.1, -0.05) is 59.2 Å². The number of rotatable bonds is 7. The summed E-state index contributed by atoms with van der Waals surface area (Å²) in [6.45, 7) is 6.37. The molecule has 3 rings (SSSR count). The molecule has 0 atom stereocenters. The average molecular weight is 458 g/mol. The van der Waals surface area contributed by atoms with Crippen LogP contribution in [0.1, 0.15) is 36.8 Å². The Morgan fingerprint density at radius 3 is 2.76 bits per heavy atom. The van der Waals surface area contributed by atoms with E-state index in [0.717, 1.165) is 26.9 Å². The average Bonchev–Trinajstić information content (AvgIpc) is 3.14. The first-order valence-corrected chi connectivity index (χ1v) is 10.2. The summed E-state index contributed by atoms with van der Waals surface area (Å²) in [6, 6.07) is 13.7. The molecule has 7 heteroatoms. The number of halogens is 1. The van der Waals surface area contributed by atoms with E-state index in [2.05, 4.69) is 46.0 Å². The summed E-state index contributed by atoms with van der Waals surface area (Å²) in [4.78, 5) is 18.4. The number of likely N-dealkylation sites (N-methyl/N-ethyl adjacent to an activating group) is 1. The van der Waals surface area contributed by atoms with Crippen LogP contribution in [0.5, 0.6) is 5.75 Å². The summed E-state index contributed by atoms with van der Waals surface area (Å²) in [7, 11) is 1.69. The molecule has 29 heavy (non-hydrogen) atoms. The molecule has 0 saturated heterocycles. The van der Waals surface area contributed by atoms with Gasteiger partial charge in [-0.2, -0.15) is 4.98 Å². The fourth-order valence-corrected chi connectivity index (χ4v) is 3.25. The van der Waals surface area contributed by atoms with Crippen LogP contribution in [-0.4, -0.2) is 34.6 Å². The number of ether oxygens (including phenoxy) is 1. The van der Waals surface area contributed by atoms with Gasteiger partial charge < -0.3 is 14.2 Å². The molecule has 0 N–H and O–H groups in total. The molecule has 0 fully saturated rings. The van der Waals surface area contributed by atoms with E-state index in [9.17, 15) is 4.79 Å². The molecule has 0 aliphatic rings. The van der Waals surface area contributed by atoms with E-state index >= 15 is 0 Å². The Morgan fingerprint density at radius 2 is 2.03 bits per heavy atom. The molecule has 0 radical (unpaired) electrons. The topological polar surface area (TPSA) is 68.5 Å². The minimum atomic E-state index is -0.164. The number of nitrogens with zero attached hydrogens (tertiary/aromatic N) is 3. The molecule has 0 unspecified atom stereocenters. The smallest absolute Gasteiger partial charge is 0.260 e. The van der Waals surface area contributed by atoms with Gasteiger partial charge in [0, 0.05) is 17.1 Å². The highest BCUT2D eigenvalue weighted by Gasteiger charge is 2.17. The number of carbonyl (C=O) groups is 1. The second kappa shape index (κ2) is 9.22. The third-order valence-electron chi connectivity index (χ3n) is 4.49. The summed E-state index contributed by atoms with van der Waals surface area (Å²) in [5, 5.41) is 4.00. The summed E-state index contributed by atoms with van der Waals surface area (Å²) >= 11 is 3.43. The maximum Gasteiger partial charge on any atom is 0.260 e. The van der Waals surface area contributed by atoms with Gasteiger partial charge in [0.15, 0.2) is 6.61 Å². The Labute approximate surface area is 179 Å². The van der Waals surface area contributed by atoms with Gasteiger partial charge in [0.25, 0.3) is 5.91 Å². The predicted octanol–water partition coefficient (Wildman–Crippen LogP) is 4.97. The Morgan fingerprint density at radius 1 is 1.24 bits per heavy atom. The zero-order chi connectivity index (χ0) is 21.0. The van der Waals surface area contributed by atoms with E-state index < -0.39 is 0 Å². The van der Waals surface area contributed by atoms with Crippen molar-refractivity contribution < 1.29 is 14.1 Å². The van der Waals surface area contributed by atoms with E-state index in [1.54, 1.807) is 7.05 Å². The van der Waals surface area contributed by atoms with Crippen LogP contribution in [0.2, 0.25) is 0 Å². The number of amides is 1. The fraction of sp³-hybridized carbons (Fsp3) is 0.318. The molecule has 0 aliphatic heterocycles. The van der Waals surface area contributed by atoms with Gasteiger partial charge in [0.2, 0.25) is 11.7 Å². The monoisotopic (exact) mass is 457 g/mol.